The molecule has 0 heterocycles. The molecular formula is C8H8F2O3S. The van der Waals surface area contributed by atoms with Crippen LogP contribution in [0.15, 0.2) is 18.2 Å². The number of halogens is 2. The van der Waals surface area contributed by atoms with E-state index in [0.717, 1.165) is 12.1 Å². The van der Waals surface area contributed by atoms with E-state index in [1.807, 2.05) is 0 Å². The van der Waals surface area contributed by atoms with Crippen molar-refractivity contribution in [2.75, 3.05) is 6.61 Å². The molecule has 0 spiro atoms. The van der Waals surface area contributed by atoms with Crippen molar-refractivity contribution in [2.24, 2.45) is 0 Å². The molecule has 1 atom stereocenters. The first kappa shape index (κ1) is 11.1. The zero-order chi connectivity index (χ0) is 10.6. The molecule has 0 bridgehead atoms. The molecular weight excluding hydrogens is 214 g/mol. The Bertz CT molecular complexity index is 323. The highest BCUT2D eigenvalue weighted by Crippen LogP contribution is 2.16. The normalized spacial score (nSPS) is 12.5. The molecule has 1 aromatic carbocycles. The summed E-state index contributed by atoms with van der Waals surface area (Å²) in [6, 6.07) is 2.52. The highest BCUT2D eigenvalue weighted by Gasteiger charge is 2.05. The van der Waals surface area contributed by atoms with Crippen LogP contribution in [0.25, 0.3) is 0 Å². The van der Waals surface area contributed by atoms with E-state index in [4.69, 9.17) is 0 Å². The van der Waals surface area contributed by atoms with Crippen LogP contribution in [0.3, 0.4) is 0 Å². The monoisotopic (exact) mass is 222 g/mol. The molecule has 3 nitrogen and oxygen atoms in total. The summed E-state index contributed by atoms with van der Waals surface area (Å²) in [5, 5.41) is 0. The molecule has 0 aromatic heterocycles. The summed E-state index contributed by atoms with van der Waals surface area (Å²) in [6.45, 7) is 1.80. The maximum absolute atomic E-state index is 12.6. The Balaban J connectivity index is 2.71. The minimum Gasteiger partial charge on any atom is -0.380 e. The molecule has 0 saturated heterocycles. The van der Waals surface area contributed by atoms with Gasteiger partial charge in [0.25, 0.3) is 0 Å². The van der Waals surface area contributed by atoms with Gasteiger partial charge in [-0.3, -0.25) is 4.18 Å². The Morgan fingerprint density at radius 3 is 2.36 bits per heavy atom. The van der Waals surface area contributed by atoms with Gasteiger partial charge in [0.2, 0.25) is 0 Å². The van der Waals surface area contributed by atoms with E-state index < -0.39 is 23.0 Å². The SMILES string of the molecule is CCOS(=O)Oc1cc(F)cc(F)c1. The quantitative estimate of drug-likeness (QED) is 0.781. The van der Waals surface area contributed by atoms with Gasteiger partial charge >= 0.3 is 11.4 Å². The summed E-state index contributed by atoms with van der Waals surface area (Å²) in [6.07, 6.45) is 0. The van der Waals surface area contributed by atoms with Crippen LogP contribution in [0.4, 0.5) is 8.78 Å². The van der Waals surface area contributed by atoms with E-state index in [-0.39, 0.29) is 12.4 Å². The van der Waals surface area contributed by atoms with Crippen molar-refractivity contribution < 1.29 is 21.4 Å². The van der Waals surface area contributed by atoms with Gasteiger partial charge in [0, 0.05) is 18.2 Å². The molecule has 0 aliphatic heterocycles. The molecule has 0 saturated carbocycles. The summed E-state index contributed by atoms with van der Waals surface area (Å²) in [7, 11) is 0. The molecule has 78 valence electrons. The van der Waals surface area contributed by atoms with Crippen molar-refractivity contribution in [3.05, 3.63) is 29.8 Å². The Hall–Kier alpha value is -1.01. The lowest BCUT2D eigenvalue weighted by Crippen LogP contribution is -2.04. The van der Waals surface area contributed by atoms with E-state index in [0.29, 0.717) is 6.07 Å². The van der Waals surface area contributed by atoms with Gasteiger partial charge < -0.3 is 4.18 Å². The highest BCUT2D eigenvalue weighted by molar-refractivity contribution is 7.75. The number of benzene rings is 1. The Morgan fingerprint density at radius 2 is 1.86 bits per heavy atom. The topological polar surface area (TPSA) is 35.5 Å². The molecule has 1 rings (SSSR count). The summed E-state index contributed by atoms with van der Waals surface area (Å²) in [5.41, 5.74) is 0. The van der Waals surface area contributed by atoms with Crippen molar-refractivity contribution in [2.45, 2.75) is 6.92 Å². The Kier molecular flexibility index (Phi) is 3.97. The summed E-state index contributed by atoms with van der Waals surface area (Å²) < 4.78 is 45.2. The number of rotatable bonds is 4. The molecule has 0 aliphatic carbocycles. The predicted molar refractivity (Wildman–Crippen MR) is 46.8 cm³/mol. The molecule has 0 fully saturated rings. The van der Waals surface area contributed by atoms with Crippen LogP contribution in [0.5, 0.6) is 5.75 Å². The van der Waals surface area contributed by atoms with E-state index in [1.165, 1.54) is 0 Å². The molecule has 0 amide bonds. The van der Waals surface area contributed by atoms with Crippen LogP contribution in [-0.2, 0) is 15.5 Å². The average Bonchev–Trinajstić information content (AvgIpc) is 2.01. The van der Waals surface area contributed by atoms with Gasteiger partial charge in [-0.2, -0.15) is 4.21 Å². The van der Waals surface area contributed by atoms with Gasteiger partial charge in [0.15, 0.2) is 0 Å². The summed E-state index contributed by atoms with van der Waals surface area (Å²) in [5.74, 6) is -1.77. The standard InChI is InChI=1S/C8H8F2O3S/c1-2-12-14(11)13-8-4-6(9)3-7(10)5-8/h3-5H,2H2,1H3. The lowest BCUT2D eigenvalue weighted by Gasteiger charge is -2.03. The molecule has 1 unspecified atom stereocenters. The largest absolute Gasteiger partial charge is 0.380 e. The third kappa shape index (κ3) is 3.39. The first-order valence-corrected chi connectivity index (χ1v) is 4.81. The number of hydrogen-bond donors (Lipinski definition) is 0. The fourth-order valence-electron chi connectivity index (χ4n) is 0.775. The number of hydrogen-bond acceptors (Lipinski definition) is 3. The summed E-state index contributed by atoms with van der Waals surface area (Å²) in [4.78, 5) is 0. The summed E-state index contributed by atoms with van der Waals surface area (Å²) >= 11 is -2.02. The van der Waals surface area contributed by atoms with Crippen molar-refractivity contribution in [3.63, 3.8) is 0 Å². The zero-order valence-corrected chi connectivity index (χ0v) is 8.14. The average molecular weight is 222 g/mol. The predicted octanol–water partition coefficient (Wildman–Crippen LogP) is 1.96. The van der Waals surface area contributed by atoms with Crippen molar-refractivity contribution in [1.82, 2.24) is 0 Å². The second-order valence-electron chi connectivity index (χ2n) is 2.30. The Morgan fingerprint density at radius 1 is 1.29 bits per heavy atom. The smallest absolute Gasteiger partial charge is 0.360 e. The van der Waals surface area contributed by atoms with Crippen LogP contribution in [-0.4, -0.2) is 10.8 Å². The van der Waals surface area contributed by atoms with Crippen LogP contribution in [0, 0.1) is 11.6 Å². The van der Waals surface area contributed by atoms with Gasteiger partial charge in [0.05, 0.1) is 6.61 Å². The lowest BCUT2D eigenvalue weighted by molar-refractivity contribution is 0.328. The van der Waals surface area contributed by atoms with Gasteiger partial charge in [-0.25, -0.2) is 8.78 Å². The van der Waals surface area contributed by atoms with E-state index in [2.05, 4.69) is 8.37 Å². The van der Waals surface area contributed by atoms with Crippen LogP contribution in [0.2, 0.25) is 0 Å². The molecule has 14 heavy (non-hydrogen) atoms. The van der Waals surface area contributed by atoms with Gasteiger partial charge in [-0.1, -0.05) is 0 Å². The minimum atomic E-state index is -2.02. The van der Waals surface area contributed by atoms with Gasteiger partial charge in [-0.05, 0) is 6.92 Å². The van der Waals surface area contributed by atoms with Crippen molar-refractivity contribution >= 4 is 11.4 Å². The molecule has 0 radical (unpaired) electrons. The molecule has 1 aromatic rings. The first-order valence-electron chi connectivity index (χ1n) is 3.81. The molecule has 0 aliphatic rings. The minimum absolute atomic E-state index is 0.172. The van der Waals surface area contributed by atoms with Crippen molar-refractivity contribution in [1.29, 1.82) is 0 Å². The lowest BCUT2D eigenvalue weighted by atomic mass is 10.3. The maximum Gasteiger partial charge on any atom is 0.360 e. The highest BCUT2D eigenvalue weighted by atomic mass is 32.2. The van der Waals surface area contributed by atoms with Crippen LogP contribution < -0.4 is 4.18 Å². The van der Waals surface area contributed by atoms with Crippen LogP contribution in [0.1, 0.15) is 6.92 Å². The molecule has 0 N–H and O–H groups in total. The van der Waals surface area contributed by atoms with Gasteiger partial charge in [0.1, 0.15) is 17.4 Å². The first-order chi connectivity index (χ1) is 6.61. The second-order valence-corrected chi connectivity index (χ2v) is 3.11. The maximum atomic E-state index is 12.6. The van der Waals surface area contributed by atoms with Gasteiger partial charge in [-0.15, -0.1) is 0 Å². The second kappa shape index (κ2) is 5.02. The van der Waals surface area contributed by atoms with E-state index in [9.17, 15) is 13.0 Å². The zero-order valence-electron chi connectivity index (χ0n) is 7.33. The Labute approximate surface area is 82.5 Å². The molecule has 6 heteroatoms. The third-order valence-corrected chi connectivity index (χ3v) is 1.97. The fraction of sp³-hybridized carbons (Fsp3) is 0.250. The van der Waals surface area contributed by atoms with E-state index in [1.54, 1.807) is 6.92 Å². The third-order valence-electron chi connectivity index (χ3n) is 1.21. The van der Waals surface area contributed by atoms with Crippen molar-refractivity contribution in [3.8, 4) is 5.75 Å². The van der Waals surface area contributed by atoms with Crippen LogP contribution >= 0.6 is 0 Å². The van der Waals surface area contributed by atoms with E-state index >= 15 is 0 Å². The fourth-order valence-corrected chi connectivity index (χ4v) is 1.27.